The van der Waals surface area contributed by atoms with Gasteiger partial charge in [-0.05, 0) is 47.1 Å². The first-order valence-corrected chi connectivity index (χ1v) is 9.20. The van der Waals surface area contributed by atoms with Gasteiger partial charge in [0.2, 0.25) is 0 Å². The van der Waals surface area contributed by atoms with Crippen LogP contribution in [0.4, 0.5) is 0 Å². The second-order valence-corrected chi connectivity index (χ2v) is 9.03. The molecule has 0 spiro atoms. The van der Waals surface area contributed by atoms with Crippen molar-refractivity contribution in [1.82, 2.24) is 5.32 Å². The Labute approximate surface area is 140 Å². The fraction of sp³-hybridized carbons (Fsp3) is 0.385. The average molecular weight is 399 g/mol. The van der Waals surface area contributed by atoms with E-state index in [4.69, 9.17) is 23.2 Å². The molecule has 1 atom stereocenters. The van der Waals surface area contributed by atoms with Gasteiger partial charge in [-0.3, -0.25) is 0 Å². The van der Waals surface area contributed by atoms with Crippen LogP contribution in [-0.2, 0) is 6.42 Å². The highest BCUT2D eigenvalue weighted by atomic mass is 79.9. The lowest BCUT2D eigenvalue weighted by Gasteiger charge is -2.17. The minimum absolute atomic E-state index is 0.224. The van der Waals surface area contributed by atoms with Crippen LogP contribution in [0.5, 0.6) is 0 Å². The third-order valence-electron chi connectivity index (χ3n) is 2.73. The van der Waals surface area contributed by atoms with Crippen molar-refractivity contribution >= 4 is 61.8 Å². The van der Waals surface area contributed by atoms with E-state index in [1.165, 1.54) is 16.2 Å². The topological polar surface area (TPSA) is 12.0 Å². The molecule has 6 heteroatoms. The lowest BCUT2D eigenvalue weighted by molar-refractivity contribution is 0.534. The van der Waals surface area contributed by atoms with E-state index >= 15 is 0 Å². The first kappa shape index (κ1) is 15.8. The quantitative estimate of drug-likeness (QED) is 0.613. The molecule has 0 radical (unpaired) electrons. The molecule has 0 aliphatic carbocycles. The van der Waals surface area contributed by atoms with Gasteiger partial charge in [-0.25, -0.2) is 0 Å². The summed E-state index contributed by atoms with van der Waals surface area (Å²) in [6.07, 6.45) is 2.03. The Hall–Kier alpha value is 0.420. The average Bonchev–Trinajstić information content (AvgIpc) is 2.91. The molecular formula is C13H14BrCl2NS2. The normalized spacial score (nSPS) is 12.8. The fourth-order valence-corrected chi connectivity index (χ4v) is 4.97. The lowest BCUT2D eigenvalue weighted by Crippen LogP contribution is -2.23. The van der Waals surface area contributed by atoms with Gasteiger partial charge in [-0.1, -0.05) is 30.1 Å². The van der Waals surface area contributed by atoms with Gasteiger partial charge in [0.1, 0.15) is 0 Å². The molecule has 104 valence electrons. The van der Waals surface area contributed by atoms with Crippen molar-refractivity contribution in [1.29, 1.82) is 0 Å². The van der Waals surface area contributed by atoms with Gasteiger partial charge in [0.25, 0.3) is 0 Å². The molecule has 1 N–H and O–H groups in total. The van der Waals surface area contributed by atoms with E-state index < -0.39 is 0 Å². The van der Waals surface area contributed by atoms with Gasteiger partial charge in [0.15, 0.2) is 0 Å². The SMILES string of the molecule is CCCNC(Cc1ccc(Br)s1)c1cc(Cl)sc1Cl. The fourth-order valence-electron chi connectivity index (χ4n) is 1.86. The maximum absolute atomic E-state index is 6.28. The Morgan fingerprint density at radius 1 is 1.32 bits per heavy atom. The van der Waals surface area contributed by atoms with E-state index in [-0.39, 0.29) is 6.04 Å². The Kier molecular flexibility index (Phi) is 6.18. The monoisotopic (exact) mass is 397 g/mol. The molecule has 2 aromatic heterocycles. The molecule has 19 heavy (non-hydrogen) atoms. The van der Waals surface area contributed by atoms with Crippen LogP contribution in [0.3, 0.4) is 0 Å². The number of nitrogens with one attached hydrogen (secondary N) is 1. The van der Waals surface area contributed by atoms with Crippen molar-refractivity contribution in [3.8, 4) is 0 Å². The molecule has 0 bridgehead atoms. The predicted octanol–water partition coefficient (Wildman–Crippen LogP) is 6.16. The minimum atomic E-state index is 0.224. The smallest absolute Gasteiger partial charge is 0.0992 e. The van der Waals surface area contributed by atoms with Crippen LogP contribution < -0.4 is 5.32 Å². The molecule has 1 nitrogen and oxygen atoms in total. The Morgan fingerprint density at radius 3 is 2.63 bits per heavy atom. The maximum atomic E-state index is 6.28. The molecule has 2 rings (SSSR count). The molecule has 0 aliphatic heterocycles. The van der Waals surface area contributed by atoms with Crippen LogP contribution in [0.1, 0.15) is 29.8 Å². The van der Waals surface area contributed by atoms with Crippen LogP contribution in [0.15, 0.2) is 22.0 Å². The summed E-state index contributed by atoms with van der Waals surface area (Å²) in [5.74, 6) is 0. The van der Waals surface area contributed by atoms with Gasteiger partial charge < -0.3 is 5.32 Å². The molecule has 2 heterocycles. The maximum Gasteiger partial charge on any atom is 0.0992 e. The van der Waals surface area contributed by atoms with Gasteiger partial charge in [-0.2, -0.15) is 0 Å². The summed E-state index contributed by atoms with van der Waals surface area (Å²) < 4.78 is 2.69. The van der Waals surface area contributed by atoms with Crippen molar-refractivity contribution in [3.63, 3.8) is 0 Å². The van der Waals surface area contributed by atoms with Crippen LogP contribution in [0.25, 0.3) is 0 Å². The number of rotatable bonds is 6. The van der Waals surface area contributed by atoms with Crippen molar-refractivity contribution in [3.05, 3.63) is 41.1 Å². The summed E-state index contributed by atoms with van der Waals surface area (Å²) in [6.45, 7) is 3.13. The number of hydrogen-bond donors (Lipinski definition) is 1. The van der Waals surface area contributed by atoms with Crippen molar-refractivity contribution in [2.45, 2.75) is 25.8 Å². The second kappa shape index (κ2) is 7.43. The van der Waals surface area contributed by atoms with E-state index in [2.05, 4.69) is 40.3 Å². The zero-order valence-corrected chi connectivity index (χ0v) is 15.1. The number of halogens is 3. The molecule has 0 saturated heterocycles. The summed E-state index contributed by atoms with van der Waals surface area (Å²) in [7, 11) is 0. The molecule has 2 aromatic rings. The number of hydrogen-bond acceptors (Lipinski definition) is 3. The third kappa shape index (κ3) is 4.45. The summed E-state index contributed by atoms with van der Waals surface area (Å²) in [5.41, 5.74) is 1.11. The van der Waals surface area contributed by atoms with E-state index in [0.29, 0.717) is 0 Å². The summed E-state index contributed by atoms with van der Waals surface area (Å²) in [6, 6.07) is 6.43. The highest BCUT2D eigenvalue weighted by Crippen LogP contribution is 2.37. The summed E-state index contributed by atoms with van der Waals surface area (Å²) in [4.78, 5) is 1.33. The molecular weight excluding hydrogens is 385 g/mol. The highest BCUT2D eigenvalue weighted by Gasteiger charge is 2.18. The van der Waals surface area contributed by atoms with E-state index in [1.54, 1.807) is 11.3 Å². The Balaban J connectivity index is 2.18. The van der Waals surface area contributed by atoms with Crippen LogP contribution >= 0.6 is 61.8 Å². The van der Waals surface area contributed by atoms with Crippen molar-refractivity contribution in [2.24, 2.45) is 0 Å². The van der Waals surface area contributed by atoms with Crippen LogP contribution in [0, 0.1) is 0 Å². The highest BCUT2D eigenvalue weighted by molar-refractivity contribution is 9.11. The van der Waals surface area contributed by atoms with Gasteiger partial charge in [-0.15, -0.1) is 22.7 Å². The van der Waals surface area contributed by atoms with Gasteiger partial charge >= 0.3 is 0 Å². The predicted molar refractivity (Wildman–Crippen MR) is 91.1 cm³/mol. The molecule has 0 fully saturated rings. The summed E-state index contributed by atoms with van der Waals surface area (Å²) in [5, 5.41) is 3.55. The standard InChI is InChI=1S/C13H14BrCl2NS2/c1-2-5-17-10(6-8-3-4-11(14)18-8)9-7-12(15)19-13(9)16/h3-4,7,10,17H,2,5-6H2,1H3. The molecule has 1 unspecified atom stereocenters. The molecule has 0 aromatic carbocycles. The largest absolute Gasteiger partial charge is 0.310 e. The Bertz CT molecular complexity index is 538. The minimum Gasteiger partial charge on any atom is -0.310 e. The zero-order valence-electron chi connectivity index (χ0n) is 10.4. The Morgan fingerprint density at radius 2 is 2.11 bits per heavy atom. The summed E-state index contributed by atoms with van der Waals surface area (Å²) >= 11 is 19.0. The first-order chi connectivity index (χ1) is 9.10. The lowest BCUT2D eigenvalue weighted by atomic mass is 10.1. The van der Waals surface area contributed by atoms with E-state index in [9.17, 15) is 0 Å². The molecule has 0 amide bonds. The zero-order chi connectivity index (χ0) is 13.8. The van der Waals surface area contributed by atoms with Crippen LogP contribution in [-0.4, -0.2) is 6.54 Å². The van der Waals surface area contributed by atoms with Crippen molar-refractivity contribution < 1.29 is 0 Å². The van der Waals surface area contributed by atoms with Crippen LogP contribution in [0.2, 0.25) is 8.67 Å². The third-order valence-corrected chi connectivity index (χ3v) is 5.90. The number of thiophene rings is 2. The van der Waals surface area contributed by atoms with E-state index in [0.717, 1.165) is 37.4 Å². The van der Waals surface area contributed by atoms with Gasteiger partial charge in [0.05, 0.1) is 12.5 Å². The second-order valence-electron chi connectivity index (χ2n) is 4.20. The van der Waals surface area contributed by atoms with Gasteiger partial charge in [0, 0.05) is 22.9 Å². The van der Waals surface area contributed by atoms with Crippen molar-refractivity contribution in [2.75, 3.05) is 6.54 Å². The van der Waals surface area contributed by atoms with E-state index in [1.807, 2.05) is 6.07 Å². The molecule has 0 aliphatic rings. The first-order valence-electron chi connectivity index (χ1n) is 6.02. The molecule has 0 saturated carbocycles.